The maximum atomic E-state index is 13.2. The smallest absolute Gasteiger partial charge is 0.416 e. The summed E-state index contributed by atoms with van der Waals surface area (Å²) in [5, 5.41) is -0.178. The number of ether oxygens (including phenoxy) is 2. The third kappa shape index (κ3) is 6.35. The highest BCUT2D eigenvalue weighted by molar-refractivity contribution is 5.82. The molecule has 9 heteroatoms. The number of unbranched alkanes of at least 4 members (excludes halogenated alkanes) is 3. The first-order valence-electron chi connectivity index (χ1n) is 11.9. The Kier molecular flexibility index (Phi) is 7.91. The molecule has 0 saturated carbocycles. The summed E-state index contributed by atoms with van der Waals surface area (Å²) in [7, 11) is 0. The van der Waals surface area contributed by atoms with Gasteiger partial charge in [-0.1, -0.05) is 30.3 Å². The monoisotopic (exact) mass is 512 g/mol. The summed E-state index contributed by atoms with van der Waals surface area (Å²) in [5.41, 5.74) is 11.8. The minimum Gasteiger partial charge on any atom is -0.491 e. The number of fused-ring (bicyclic) bond motifs is 1. The molecule has 0 aliphatic heterocycles. The largest absolute Gasteiger partial charge is 0.491 e. The van der Waals surface area contributed by atoms with Crippen LogP contribution in [0.25, 0.3) is 22.3 Å². The molecule has 37 heavy (non-hydrogen) atoms. The second-order valence-corrected chi connectivity index (χ2v) is 8.57. The van der Waals surface area contributed by atoms with Crippen molar-refractivity contribution in [2.24, 2.45) is 0 Å². The molecular formula is C28H27F3N2O4. The average Bonchev–Trinajstić information content (AvgIpc) is 2.88. The maximum absolute atomic E-state index is 13.2. The van der Waals surface area contributed by atoms with E-state index in [-0.39, 0.29) is 29.1 Å². The van der Waals surface area contributed by atoms with Crippen LogP contribution in [0.2, 0.25) is 0 Å². The zero-order valence-corrected chi connectivity index (χ0v) is 20.0. The van der Waals surface area contributed by atoms with Crippen LogP contribution in [0.1, 0.15) is 31.2 Å². The van der Waals surface area contributed by atoms with Gasteiger partial charge in [0.2, 0.25) is 11.2 Å². The fourth-order valence-electron chi connectivity index (χ4n) is 3.86. The Balaban J connectivity index is 1.41. The number of anilines is 2. The van der Waals surface area contributed by atoms with Crippen molar-refractivity contribution < 1.29 is 27.1 Å². The number of benzene rings is 3. The second-order valence-electron chi connectivity index (χ2n) is 8.57. The number of hydrogen-bond donors (Lipinski definition) is 2. The molecule has 6 nitrogen and oxygen atoms in total. The molecule has 0 bridgehead atoms. The fraction of sp³-hybridized carbons (Fsp3) is 0.250. The van der Waals surface area contributed by atoms with Gasteiger partial charge < -0.3 is 25.4 Å². The van der Waals surface area contributed by atoms with E-state index in [1.54, 1.807) is 42.5 Å². The van der Waals surface area contributed by atoms with Gasteiger partial charge in [0.25, 0.3) is 0 Å². The quantitative estimate of drug-likeness (QED) is 0.182. The van der Waals surface area contributed by atoms with Crippen LogP contribution in [0.4, 0.5) is 24.5 Å². The lowest BCUT2D eigenvalue weighted by atomic mass is 10.1. The molecule has 1 aromatic heterocycles. The van der Waals surface area contributed by atoms with Crippen molar-refractivity contribution in [1.82, 2.24) is 0 Å². The van der Waals surface area contributed by atoms with E-state index in [1.807, 2.05) is 6.07 Å². The molecule has 4 rings (SSSR count). The standard InChI is InChI=1S/C28H27F3N2O4/c29-28(30,31)19-10-13-23-21(16-19)25(34)27(26(37-23)18-8-4-3-5-9-18)36-15-7-2-1-6-14-35-24-17-20(32)11-12-22(24)33/h3-5,8-13,16-17H,1-2,6-7,14-15,32-33H2. The van der Waals surface area contributed by atoms with Gasteiger partial charge in [-0.2, -0.15) is 13.2 Å². The van der Waals surface area contributed by atoms with Gasteiger partial charge in [-0.05, 0) is 56.0 Å². The molecule has 0 radical (unpaired) electrons. The van der Waals surface area contributed by atoms with E-state index in [0.29, 0.717) is 35.7 Å². The number of hydrogen-bond acceptors (Lipinski definition) is 6. The van der Waals surface area contributed by atoms with Crippen molar-refractivity contribution in [3.05, 3.63) is 82.5 Å². The summed E-state index contributed by atoms with van der Waals surface area (Å²) in [6.07, 6.45) is -1.52. The zero-order chi connectivity index (χ0) is 26.4. The molecule has 194 valence electrons. The molecule has 0 atom stereocenters. The van der Waals surface area contributed by atoms with Crippen molar-refractivity contribution in [2.75, 3.05) is 24.7 Å². The first-order valence-corrected chi connectivity index (χ1v) is 11.9. The van der Waals surface area contributed by atoms with Crippen molar-refractivity contribution >= 4 is 22.3 Å². The number of halogens is 3. The van der Waals surface area contributed by atoms with Crippen molar-refractivity contribution in [3.63, 3.8) is 0 Å². The van der Waals surface area contributed by atoms with Crippen LogP contribution in [0, 0.1) is 0 Å². The summed E-state index contributed by atoms with van der Waals surface area (Å²) in [6.45, 7) is 0.681. The van der Waals surface area contributed by atoms with Gasteiger partial charge in [0, 0.05) is 17.3 Å². The van der Waals surface area contributed by atoms with Gasteiger partial charge >= 0.3 is 6.18 Å². The second kappa shape index (κ2) is 11.3. The molecule has 4 N–H and O–H groups in total. The molecular weight excluding hydrogens is 485 g/mol. The minimum atomic E-state index is -4.58. The third-order valence-electron chi connectivity index (χ3n) is 5.79. The molecule has 0 amide bonds. The Labute approximate surface area is 211 Å². The molecule has 0 saturated heterocycles. The third-order valence-corrected chi connectivity index (χ3v) is 5.79. The van der Waals surface area contributed by atoms with Gasteiger partial charge in [-0.15, -0.1) is 0 Å². The minimum absolute atomic E-state index is 0.0602. The van der Waals surface area contributed by atoms with Crippen molar-refractivity contribution in [3.8, 4) is 22.8 Å². The van der Waals surface area contributed by atoms with Crippen LogP contribution in [0.3, 0.4) is 0 Å². The summed E-state index contributed by atoms with van der Waals surface area (Å²) >= 11 is 0. The summed E-state index contributed by atoms with van der Waals surface area (Å²) < 4.78 is 57.0. The lowest BCUT2D eigenvalue weighted by molar-refractivity contribution is -0.137. The molecule has 0 aliphatic rings. The molecule has 4 aromatic rings. The Morgan fingerprint density at radius 2 is 1.51 bits per heavy atom. The van der Waals surface area contributed by atoms with E-state index in [9.17, 15) is 18.0 Å². The Hall–Kier alpha value is -4.14. The topological polar surface area (TPSA) is 101 Å². The maximum Gasteiger partial charge on any atom is 0.416 e. The van der Waals surface area contributed by atoms with E-state index in [0.717, 1.165) is 37.5 Å². The predicted molar refractivity (Wildman–Crippen MR) is 138 cm³/mol. The average molecular weight is 513 g/mol. The highest BCUT2D eigenvalue weighted by Crippen LogP contribution is 2.34. The molecule has 0 spiro atoms. The molecule has 3 aromatic carbocycles. The van der Waals surface area contributed by atoms with Gasteiger partial charge in [-0.3, -0.25) is 4.79 Å². The zero-order valence-electron chi connectivity index (χ0n) is 20.0. The Morgan fingerprint density at radius 1 is 0.811 bits per heavy atom. The molecule has 1 heterocycles. The van der Waals surface area contributed by atoms with Gasteiger partial charge in [-0.25, -0.2) is 0 Å². The van der Waals surface area contributed by atoms with Gasteiger partial charge in [0.15, 0.2) is 5.76 Å². The molecule has 0 aliphatic carbocycles. The Morgan fingerprint density at radius 3 is 2.22 bits per heavy atom. The Bertz CT molecular complexity index is 1420. The van der Waals surface area contributed by atoms with Crippen molar-refractivity contribution in [2.45, 2.75) is 31.9 Å². The first-order chi connectivity index (χ1) is 17.7. The molecule has 0 fully saturated rings. The van der Waals surface area contributed by atoms with Crippen LogP contribution in [-0.2, 0) is 6.18 Å². The number of nitrogen functional groups attached to an aromatic ring is 2. The van der Waals surface area contributed by atoms with E-state index < -0.39 is 17.2 Å². The summed E-state index contributed by atoms with van der Waals surface area (Å²) in [5.74, 6) is 0.637. The number of alkyl halides is 3. The van der Waals surface area contributed by atoms with E-state index >= 15 is 0 Å². The van der Waals surface area contributed by atoms with Crippen LogP contribution in [0.5, 0.6) is 11.5 Å². The highest BCUT2D eigenvalue weighted by atomic mass is 19.4. The SMILES string of the molecule is Nc1ccc(N)c(OCCCCCCOc2c(-c3ccccc3)oc3ccc(C(F)(F)F)cc3c2=O)c1. The van der Waals surface area contributed by atoms with E-state index in [4.69, 9.17) is 25.4 Å². The highest BCUT2D eigenvalue weighted by Gasteiger charge is 2.31. The van der Waals surface area contributed by atoms with Crippen LogP contribution >= 0.6 is 0 Å². The van der Waals surface area contributed by atoms with Gasteiger partial charge in [0.1, 0.15) is 11.3 Å². The predicted octanol–water partition coefficient (Wildman–Crippen LogP) is 6.66. The van der Waals surface area contributed by atoms with Crippen molar-refractivity contribution in [1.29, 1.82) is 0 Å². The van der Waals surface area contributed by atoms with Gasteiger partial charge in [0.05, 0.1) is 29.9 Å². The van der Waals surface area contributed by atoms with Crippen LogP contribution in [0.15, 0.2) is 75.9 Å². The number of nitrogens with two attached hydrogens (primary N) is 2. The summed E-state index contributed by atoms with van der Waals surface area (Å²) in [4.78, 5) is 13.2. The summed E-state index contributed by atoms with van der Waals surface area (Å²) in [6, 6.07) is 16.8. The lowest BCUT2D eigenvalue weighted by Crippen LogP contribution is -2.13. The normalized spacial score (nSPS) is 11.5. The molecule has 0 unspecified atom stereocenters. The van der Waals surface area contributed by atoms with Crippen LogP contribution in [-0.4, -0.2) is 13.2 Å². The van der Waals surface area contributed by atoms with E-state index in [2.05, 4.69) is 0 Å². The van der Waals surface area contributed by atoms with E-state index in [1.165, 1.54) is 0 Å². The number of rotatable bonds is 10. The fourth-order valence-corrected chi connectivity index (χ4v) is 3.86. The van der Waals surface area contributed by atoms with Crippen LogP contribution < -0.4 is 26.4 Å². The first kappa shape index (κ1) is 25.9. The lowest BCUT2D eigenvalue weighted by Gasteiger charge is -2.13.